The zero-order chi connectivity index (χ0) is 42.9. The second-order valence-corrected chi connectivity index (χ2v) is 15.0. The van der Waals surface area contributed by atoms with Gasteiger partial charge in [0.15, 0.2) is 11.5 Å². The summed E-state index contributed by atoms with van der Waals surface area (Å²) in [5, 5.41) is 33.1. The first-order valence-electron chi connectivity index (χ1n) is 20.2. The first-order valence-corrected chi connectivity index (χ1v) is 20.2. The number of rotatable bonds is 7. The fourth-order valence-electron chi connectivity index (χ4n) is 8.43. The van der Waals surface area contributed by atoms with E-state index in [0.717, 1.165) is 83.3 Å². The number of para-hydroxylation sites is 1. The van der Waals surface area contributed by atoms with E-state index in [9.17, 15) is 15.8 Å². The maximum absolute atomic E-state index is 10.7. The van der Waals surface area contributed by atoms with Gasteiger partial charge in [-0.2, -0.15) is 15.8 Å². The van der Waals surface area contributed by atoms with Crippen LogP contribution in [0.4, 0.5) is 5.69 Å². The summed E-state index contributed by atoms with van der Waals surface area (Å²) in [6.07, 6.45) is 0. The third-order valence-electron chi connectivity index (χ3n) is 11.3. The van der Waals surface area contributed by atoms with Crippen LogP contribution in [0.15, 0.2) is 188 Å². The van der Waals surface area contributed by atoms with Crippen LogP contribution in [-0.2, 0) is 0 Å². The molecule has 0 fully saturated rings. The third kappa shape index (κ3) is 6.81. The predicted molar refractivity (Wildman–Crippen MR) is 249 cm³/mol. The van der Waals surface area contributed by atoms with Crippen LogP contribution in [0.1, 0.15) is 16.7 Å². The summed E-state index contributed by atoms with van der Waals surface area (Å²) in [6.45, 7) is 7.69. The van der Waals surface area contributed by atoms with Crippen molar-refractivity contribution in [2.75, 3.05) is 0 Å². The fraction of sp³-hybridized carbons (Fsp3) is 0. The molecule has 7 heteroatoms. The molecule has 0 atom stereocenters. The van der Waals surface area contributed by atoms with Gasteiger partial charge in [0.05, 0.1) is 64.0 Å². The molecule has 0 aliphatic heterocycles. The molecule has 0 saturated heterocycles. The molecule has 0 aliphatic carbocycles. The Morgan fingerprint density at radius 3 is 1.63 bits per heavy atom. The van der Waals surface area contributed by atoms with Gasteiger partial charge in [0.25, 0.3) is 0 Å². The lowest BCUT2D eigenvalue weighted by atomic mass is 9.88. The van der Waals surface area contributed by atoms with Crippen LogP contribution < -0.4 is 0 Å². The van der Waals surface area contributed by atoms with Gasteiger partial charge in [-0.15, -0.1) is 0 Å². The van der Waals surface area contributed by atoms with E-state index in [4.69, 9.17) is 16.5 Å². The van der Waals surface area contributed by atoms with E-state index >= 15 is 0 Å². The van der Waals surface area contributed by atoms with Crippen molar-refractivity contribution in [3.8, 4) is 91.2 Å². The number of fused-ring (bicyclic) bond motifs is 3. The van der Waals surface area contributed by atoms with E-state index in [1.807, 2.05) is 133 Å². The summed E-state index contributed by atoms with van der Waals surface area (Å²) in [4.78, 5) is 13.9. The normalized spacial score (nSPS) is 10.8. The van der Waals surface area contributed by atoms with Crippen molar-refractivity contribution in [3.63, 3.8) is 0 Å². The molecule has 0 N–H and O–H groups in total. The molecule has 0 spiro atoms. The van der Waals surface area contributed by atoms with Crippen molar-refractivity contribution in [2.24, 2.45) is 0 Å². The van der Waals surface area contributed by atoms with Crippen LogP contribution in [0.2, 0.25) is 0 Å². The number of aromatic nitrogens is 3. The molecule has 290 valence electrons. The van der Waals surface area contributed by atoms with Crippen LogP contribution in [0.3, 0.4) is 0 Å². The highest BCUT2D eigenvalue weighted by Gasteiger charge is 2.25. The Labute approximate surface area is 363 Å². The second-order valence-electron chi connectivity index (χ2n) is 15.0. The van der Waals surface area contributed by atoms with E-state index in [1.165, 1.54) is 0 Å². The van der Waals surface area contributed by atoms with Gasteiger partial charge < -0.3 is 4.57 Å². The third-order valence-corrected chi connectivity index (χ3v) is 11.3. The van der Waals surface area contributed by atoms with Crippen LogP contribution in [0.5, 0.6) is 0 Å². The molecule has 0 aliphatic rings. The molecule has 2 aromatic heterocycles. The van der Waals surface area contributed by atoms with Gasteiger partial charge in [-0.25, -0.2) is 14.8 Å². The monoisotopic (exact) mass is 801 g/mol. The quantitative estimate of drug-likeness (QED) is 0.149. The SMILES string of the molecule is [C-]#[N+]c1cc(C#N)cc(-c2ccc3c(c2)c2ccccc2n3-c2c(-c3ccccc3C#N)cc(-c3cc(-c4ccccc4)nc(-c4ccccc4)n3)cc2-c2ccccc2C#N)c1. The maximum Gasteiger partial charge on any atom is 0.189 e. The van der Waals surface area contributed by atoms with Crippen molar-refractivity contribution in [3.05, 3.63) is 216 Å². The smallest absolute Gasteiger partial charge is 0.189 e. The summed E-state index contributed by atoms with van der Waals surface area (Å²) < 4.78 is 2.23. The highest BCUT2D eigenvalue weighted by molar-refractivity contribution is 6.12. The summed E-state index contributed by atoms with van der Waals surface area (Å²) in [6, 6.07) is 68.0. The molecule has 0 bridgehead atoms. The maximum atomic E-state index is 10.7. The van der Waals surface area contributed by atoms with Crippen LogP contribution in [0, 0.1) is 40.6 Å². The van der Waals surface area contributed by atoms with Gasteiger partial charge in [0.2, 0.25) is 0 Å². The average molecular weight is 802 g/mol. The highest BCUT2D eigenvalue weighted by Crippen LogP contribution is 2.46. The van der Waals surface area contributed by atoms with E-state index in [-0.39, 0.29) is 0 Å². The van der Waals surface area contributed by atoms with Gasteiger partial charge in [0.1, 0.15) is 0 Å². The number of hydrogen-bond acceptors (Lipinski definition) is 5. The Bertz CT molecular complexity index is 3450. The van der Waals surface area contributed by atoms with E-state index in [1.54, 1.807) is 18.2 Å². The Hall–Kier alpha value is -9.40. The first kappa shape index (κ1) is 37.8. The van der Waals surface area contributed by atoms with E-state index in [0.29, 0.717) is 33.9 Å². The van der Waals surface area contributed by atoms with Gasteiger partial charge in [0, 0.05) is 55.3 Å². The number of benzene rings is 8. The van der Waals surface area contributed by atoms with Gasteiger partial charge in [-0.3, -0.25) is 0 Å². The van der Waals surface area contributed by atoms with Gasteiger partial charge in [-0.05, 0) is 77.9 Å². The summed E-state index contributed by atoms with van der Waals surface area (Å²) in [5.74, 6) is 0.566. The van der Waals surface area contributed by atoms with Crippen LogP contribution in [-0.4, -0.2) is 14.5 Å². The average Bonchev–Trinajstić information content (AvgIpc) is 3.69. The van der Waals surface area contributed by atoms with Crippen molar-refractivity contribution in [2.45, 2.75) is 0 Å². The Balaban J connectivity index is 1.34. The minimum atomic E-state index is 0.392. The standard InChI is InChI=1S/C56H31N7/c1-60-44-27-36(33-57)26-42(28-44)39-24-25-54-48(29-39)47-22-12-13-23-53(47)63(54)55-49(45-20-10-8-18-40(45)34-58)30-43(31-50(55)46-21-11-9-19-41(46)35-59)52-32-51(37-14-4-2-5-15-37)61-56(62-52)38-16-6-3-7-17-38/h2-32H. The fourth-order valence-corrected chi connectivity index (χ4v) is 8.43. The first-order chi connectivity index (χ1) is 31.0. The van der Waals surface area contributed by atoms with Crippen LogP contribution >= 0.6 is 0 Å². The Morgan fingerprint density at radius 2 is 1.00 bits per heavy atom. The van der Waals surface area contributed by atoms with E-state index in [2.05, 4.69) is 64.0 Å². The van der Waals surface area contributed by atoms with Crippen molar-refractivity contribution in [1.29, 1.82) is 15.8 Å². The molecule has 8 aromatic carbocycles. The number of nitriles is 3. The molecule has 10 rings (SSSR count). The zero-order valence-corrected chi connectivity index (χ0v) is 33.5. The predicted octanol–water partition coefficient (Wildman–Crippen LogP) is 13.7. The zero-order valence-electron chi connectivity index (χ0n) is 33.5. The molecule has 0 saturated carbocycles. The van der Waals surface area contributed by atoms with Crippen molar-refractivity contribution >= 4 is 27.5 Å². The van der Waals surface area contributed by atoms with Crippen molar-refractivity contribution < 1.29 is 0 Å². The van der Waals surface area contributed by atoms with Gasteiger partial charge >= 0.3 is 0 Å². The Morgan fingerprint density at radius 1 is 0.429 bits per heavy atom. The lowest BCUT2D eigenvalue weighted by molar-refractivity contribution is 1.17. The van der Waals surface area contributed by atoms with Crippen LogP contribution in [0.25, 0.3) is 99.6 Å². The molecule has 63 heavy (non-hydrogen) atoms. The lowest BCUT2D eigenvalue weighted by Crippen LogP contribution is -2.04. The van der Waals surface area contributed by atoms with Crippen molar-refractivity contribution in [1.82, 2.24) is 14.5 Å². The topological polar surface area (TPSA) is 106 Å². The largest absolute Gasteiger partial charge is 0.308 e. The number of nitrogens with zero attached hydrogens (tertiary/aromatic N) is 7. The summed E-state index contributed by atoms with van der Waals surface area (Å²) in [7, 11) is 0. The highest BCUT2D eigenvalue weighted by atomic mass is 15.0. The number of hydrogen-bond donors (Lipinski definition) is 0. The molecule has 0 amide bonds. The molecule has 2 heterocycles. The lowest BCUT2D eigenvalue weighted by Gasteiger charge is -2.22. The summed E-state index contributed by atoms with van der Waals surface area (Å²) >= 11 is 0. The molecule has 0 radical (unpaired) electrons. The molecular weight excluding hydrogens is 771 g/mol. The second kappa shape index (κ2) is 16.0. The minimum Gasteiger partial charge on any atom is -0.308 e. The molecule has 7 nitrogen and oxygen atoms in total. The molecule has 10 aromatic rings. The van der Waals surface area contributed by atoms with Gasteiger partial charge in [-0.1, -0.05) is 121 Å². The summed E-state index contributed by atoms with van der Waals surface area (Å²) in [5.41, 5.74) is 13.0. The Kier molecular flexibility index (Phi) is 9.60. The van der Waals surface area contributed by atoms with E-state index < -0.39 is 0 Å². The molecular formula is C56H31N7. The minimum absolute atomic E-state index is 0.392. The molecule has 0 unspecified atom stereocenters.